The van der Waals surface area contributed by atoms with E-state index < -0.39 is 0 Å². The fourth-order valence-electron chi connectivity index (χ4n) is 5.47. The van der Waals surface area contributed by atoms with Crippen molar-refractivity contribution in [3.05, 3.63) is 83.9 Å². The second kappa shape index (κ2) is 11.5. The monoisotopic (exact) mass is 542 g/mol. The standard InChI is InChI=1S/C31H34N6O.ClH/c1-4-38-27-7-5-6-23(16-27)20-37-22(3)30(21(2)35-37)29-19-34-31-28(29)17-25(18-33-31)24-8-10-26(11-9-24)36-14-12-32-13-15-36;/h5-11,16-19,32H,4,12-15,20H2,1-3H3,(H,33,34);1H. The van der Waals surface area contributed by atoms with Crippen LogP contribution in [0.25, 0.3) is 33.3 Å². The molecule has 6 rings (SSSR count). The zero-order valence-electron chi connectivity index (χ0n) is 22.7. The molecule has 202 valence electrons. The van der Waals surface area contributed by atoms with Gasteiger partial charge >= 0.3 is 0 Å². The highest BCUT2D eigenvalue weighted by atomic mass is 35.5. The summed E-state index contributed by atoms with van der Waals surface area (Å²) in [6.07, 6.45) is 4.02. The van der Waals surface area contributed by atoms with Gasteiger partial charge in [0, 0.05) is 72.0 Å². The molecule has 39 heavy (non-hydrogen) atoms. The maximum absolute atomic E-state index is 5.69. The van der Waals surface area contributed by atoms with Crippen LogP contribution >= 0.6 is 12.4 Å². The molecule has 1 fully saturated rings. The number of benzene rings is 2. The zero-order valence-corrected chi connectivity index (χ0v) is 23.5. The summed E-state index contributed by atoms with van der Waals surface area (Å²) in [4.78, 5) is 10.6. The number of hydrogen-bond acceptors (Lipinski definition) is 5. The Morgan fingerprint density at radius 1 is 0.974 bits per heavy atom. The fraction of sp³-hybridized carbons (Fsp3) is 0.290. The average molecular weight is 543 g/mol. The number of halogens is 1. The molecule has 7 nitrogen and oxygen atoms in total. The third-order valence-corrected chi connectivity index (χ3v) is 7.41. The second-order valence-corrected chi connectivity index (χ2v) is 9.89. The highest BCUT2D eigenvalue weighted by Gasteiger charge is 2.18. The van der Waals surface area contributed by atoms with E-state index in [0.717, 1.165) is 71.0 Å². The van der Waals surface area contributed by atoms with Crippen LogP contribution < -0.4 is 15.0 Å². The number of rotatable bonds is 7. The number of H-pyrrole nitrogens is 1. The lowest BCUT2D eigenvalue weighted by atomic mass is 10.0. The second-order valence-electron chi connectivity index (χ2n) is 9.89. The Balaban J connectivity index is 0.00000308. The van der Waals surface area contributed by atoms with E-state index >= 15 is 0 Å². The molecule has 3 aromatic heterocycles. The summed E-state index contributed by atoms with van der Waals surface area (Å²) in [7, 11) is 0. The number of pyridine rings is 1. The number of anilines is 1. The minimum atomic E-state index is 0. The van der Waals surface area contributed by atoms with Gasteiger partial charge in [0.25, 0.3) is 0 Å². The van der Waals surface area contributed by atoms with Gasteiger partial charge in [-0.2, -0.15) is 5.10 Å². The highest BCUT2D eigenvalue weighted by molar-refractivity contribution is 5.97. The lowest BCUT2D eigenvalue weighted by Crippen LogP contribution is -2.43. The Morgan fingerprint density at radius 3 is 2.54 bits per heavy atom. The molecule has 0 atom stereocenters. The van der Waals surface area contributed by atoms with E-state index in [-0.39, 0.29) is 12.4 Å². The minimum Gasteiger partial charge on any atom is -0.494 e. The molecule has 0 saturated carbocycles. The molecular weight excluding hydrogens is 508 g/mol. The molecule has 8 heteroatoms. The van der Waals surface area contributed by atoms with Crippen LogP contribution in [-0.4, -0.2) is 52.5 Å². The molecule has 0 amide bonds. The summed E-state index contributed by atoms with van der Waals surface area (Å²) in [6.45, 7) is 11.7. The molecule has 0 aliphatic carbocycles. The molecule has 2 N–H and O–H groups in total. The number of nitrogens with zero attached hydrogens (tertiary/aromatic N) is 4. The van der Waals surface area contributed by atoms with Gasteiger partial charge in [0.15, 0.2) is 0 Å². The zero-order chi connectivity index (χ0) is 26.1. The molecule has 1 saturated heterocycles. The van der Waals surface area contributed by atoms with Crippen molar-refractivity contribution in [1.82, 2.24) is 25.1 Å². The van der Waals surface area contributed by atoms with Crippen molar-refractivity contribution in [1.29, 1.82) is 0 Å². The quantitative estimate of drug-likeness (QED) is 0.264. The van der Waals surface area contributed by atoms with Crippen LogP contribution in [0.2, 0.25) is 0 Å². The number of aromatic amines is 1. The summed E-state index contributed by atoms with van der Waals surface area (Å²) >= 11 is 0. The molecule has 2 aromatic carbocycles. The van der Waals surface area contributed by atoms with E-state index in [0.29, 0.717) is 13.2 Å². The summed E-state index contributed by atoms with van der Waals surface area (Å²) in [5.41, 5.74) is 10.0. The molecule has 5 aromatic rings. The van der Waals surface area contributed by atoms with E-state index in [1.807, 2.05) is 25.3 Å². The van der Waals surface area contributed by atoms with Crippen molar-refractivity contribution in [2.24, 2.45) is 0 Å². The van der Waals surface area contributed by atoms with Crippen LogP contribution in [-0.2, 0) is 6.54 Å². The first-order chi connectivity index (χ1) is 18.6. The van der Waals surface area contributed by atoms with Crippen molar-refractivity contribution in [3.63, 3.8) is 0 Å². The number of piperazine rings is 1. The van der Waals surface area contributed by atoms with Crippen molar-refractivity contribution in [2.75, 3.05) is 37.7 Å². The third kappa shape index (κ3) is 5.37. The number of aryl methyl sites for hydroxylation is 1. The van der Waals surface area contributed by atoms with Crippen LogP contribution in [0.3, 0.4) is 0 Å². The van der Waals surface area contributed by atoms with Crippen LogP contribution in [0.1, 0.15) is 23.9 Å². The van der Waals surface area contributed by atoms with E-state index in [1.165, 1.54) is 16.8 Å². The SMILES string of the molecule is CCOc1cccc(Cn2nc(C)c(-c3c[nH]c4ncc(-c5ccc(N6CCNCC6)cc5)cc34)c2C)c1.Cl. The van der Waals surface area contributed by atoms with E-state index in [1.54, 1.807) is 0 Å². The van der Waals surface area contributed by atoms with Crippen LogP contribution in [0.4, 0.5) is 5.69 Å². The van der Waals surface area contributed by atoms with Gasteiger partial charge in [-0.25, -0.2) is 4.98 Å². The number of fused-ring (bicyclic) bond motifs is 1. The number of hydrogen-bond donors (Lipinski definition) is 2. The first-order valence-electron chi connectivity index (χ1n) is 13.4. The van der Waals surface area contributed by atoms with E-state index in [9.17, 15) is 0 Å². The predicted octanol–water partition coefficient (Wildman–Crippen LogP) is 5.99. The van der Waals surface area contributed by atoms with Gasteiger partial charge < -0.3 is 19.9 Å². The Kier molecular flexibility index (Phi) is 7.91. The predicted molar refractivity (Wildman–Crippen MR) is 161 cm³/mol. The molecule has 4 heterocycles. The van der Waals surface area contributed by atoms with E-state index in [2.05, 4.69) is 82.4 Å². The van der Waals surface area contributed by atoms with Gasteiger partial charge in [0.05, 0.1) is 18.8 Å². The molecule has 1 aliphatic heterocycles. The van der Waals surface area contributed by atoms with E-state index in [4.69, 9.17) is 14.8 Å². The largest absolute Gasteiger partial charge is 0.494 e. The Morgan fingerprint density at radius 2 is 1.77 bits per heavy atom. The van der Waals surface area contributed by atoms with Crippen LogP contribution in [0.5, 0.6) is 5.75 Å². The van der Waals surface area contributed by atoms with Crippen molar-refractivity contribution in [3.8, 4) is 28.0 Å². The van der Waals surface area contributed by atoms with Crippen LogP contribution in [0, 0.1) is 13.8 Å². The van der Waals surface area contributed by atoms with Crippen molar-refractivity contribution >= 4 is 29.1 Å². The molecule has 0 spiro atoms. The van der Waals surface area contributed by atoms with Gasteiger partial charge in [-0.05, 0) is 62.2 Å². The average Bonchev–Trinajstić information content (AvgIpc) is 3.48. The normalized spacial score (nSPS) is 13.5. The molecule has 1 aliphatic rings. The van der Waals surface area contributed by atoms with Gasteiger partial charge in [0.2, 0.25) is 0 Å². The smallest absolute Gasteiger partial charge is 0.137 e. The number of nitrogens with one attached hydrogen (secondary N) is 2. The first kappa shape index (κ1) is 26.8. The molecule has 0 bridgehead atoms. The first-order valence-corrected chi connectivity index (χ1v) is 13.4. The minimum absolute atomic E-state index is 0. The lowest BCUT2D eigenvalue weighted by molar-refractivity contribution is 0.340. The molecule has 0 radical (unpaired) electrons. The summed E-state index contributed by atoms with van der Waals surface area (Å²) < 4.78 is 7.77. The maximum Gasteiger partial charge on any atom is 0.137 e. The Labute approximate surface area is 235 Å². The maximum atomic E-state index is 5.69. The molecular formula is C31H35ClN6O. The number of ether oxygens (including phenoxy) is 1. The summed E-state index contributed by atoms with van der Waals surface area (Å²) in [5, 5.41) is 9.44. The Bertz CT molecular complexity index is 1570. The number of aromatic nitrogens is 4. The van der Waals surface area contributed by atoms with Gasteiger partial charge in [0.1, 0.15) is 11.4 Å². The third-order valence-electron chi connectivity index (χ3n) is 7.41. The van der Waals surface area contributed by atoms with Crippen LogP contribution in [0.15, 0.2) is 67.0 Å². The summed E-state index contributed by atoms with van der Waals surface area (Å²) in [6, 6.07) is 19.3. The summed E-state index contributed by atoms with van der Waals surface area (Å²) in [5.74, 6) is 0.892. The van der Waals surface area contributed by atoms with Gasteiger partial charge in [-0.15, -0.1) is 12.4 Å². The lowest BCUT2D eigenvalue weighted by Gasteiger charge is -2.29. The Hall–Kier alpha value is -3.81. The van der Waals surface area contributed by atoms with Crippen molar-refractivity contribution in [2.45, 2.75) is 27.3 Å². The van der Waals surface area contributed by atoms with Gasteiger partial charge in [-0.3, -0.25) is 4.68 Å². The molecule has 0 unspecified atom stereocenters. The van der Waals surface area contributed by atoms with Gasteiger partial charge in [-0.1, -0.05) is 24.3 Å². The topological polar surface area (TPSA) is 71.0 Å². The fourth-order valence-corrected chi connectivity index (χ4v) is 5.47. The highest BCUT2D eigenvalue weighted by Crippen LogP contribution is 2.35. The van der Waals surface area contributed by atoms with Crippen molar-refractivity contribution < 1.29 is 4.74 Å².